The van der Waals surface area contributed by atoms with Gasteiger partial charge in [0.25, 0.3) is 0 Å². The first kappa shape index (κ1) is 16.6. The highest BCUT2D eigenvalue weighted by Crippen LogP contribution is 2.32. The molecular weight excluding hydrogens is 329 g/mol. The molecule has 0 radical (unpaired) electrons. The minimum absolute atomic E-state index is 0.201. The largest absolute Gasteiger partial charge is 0.309 e. The molecule has 1 aromatic carbocycles. The van der Waals surface area contributed by atoms with Crippen LogP contribution in [-0.4, -0.2) is 26.4 Å². The lowest BCUT2D eigenvalue weighted by atomic mass is 10.1. The van der Waals surface area contributed by atoms with Crippen molar-refractivity contribution in [3.8, 4) is 0 Å². The summed E-state index contributed by atoms with van der Waals surface area (Å²) in [6, 6.07) is 14.6. The number of halogens is 1. The van der Waals surface area contributed by atoms with Crippen LogP contribution in [0.2, 0.25) is 0 Å². The maximum Gasteiger partial charge on any atom is 0.228 e. The van der Waals surface area contributed by atoms with Crippen LogP contribution < -0.4 is 5.32 Å². The van der Waals surface area contributed by atoms with Crippen LogP contribution in [0.4, 0.5) is 16.2 Å². The molecule has 0 spiro atoms. The van der Waals surface area contributed by atoms with Crippen LogP contribution in [0.25, 0.3) is 0 Å². The van der Waals surface area contributed by atoms with E-state index in [1.807, 2.05) is 36.4 Å². The minimum Gasteiger partial charge on any atom is -0.309 e. The number of likely N-dealkylation sites (tertiary alicyclic amines) is 1. The third kappa shape index (κ3) is 3.86. The van der Waals surface area contributed by atoms with E-state index in [2.05, 4.69) is 20.2 Å². The normalized spacial score (nSPS) is 17.3. The van der Waals surface area contributed by atoms with Gasteiger partial charge in [0.15, 0.2) is 0 Å². The molecule has 0 unspecified atom stereocenters. The zero-order valence-electron chi connectivity index (χ0n) is 14.3. The van der Waals surface area contributed by atoms with Crippen LogP contribution in [0, 0.1) is 5.82 Å². The quantitative estimate of drug-likeness (QED) is 0.752. The molecule has 0 aliphatic carbocycles. The summed E-state index contributed by atoms with van der Waals surface area (Å²) in [6.45, 7) is 1.80. The smallest absolute Gasteiger partial charge is 0.228 e. The molecule has 3 heterocycles. The number of aromatic nitrogens is 3. The average molecular weight is 349 g/mol. The van der Waals surface area contributed by atoms with Gasteiger partial charge in [0, 0.05) is 18.9 Å². The van der Waals surface area contributed by atoms with Crippen LogP contribution in [0.5, 0.6) is 0 Å². The third-order valence-corrected chi connectivity index (χ3v) is 4.59. The van der Waals surface area contributed by atoms with E-state index in [-0.39, 0.29) is 11.9 Å². The van der Waals surface area contributed by atoms with E-state index in [1.165, 1.54) is 12.1 Å². The van der Waals surface area contributed by atoms with Crippen LogP contribution >= 0.6 is 0 Å². The van der Waals surface area contributed by atoms with Crippen molar-refractivity contribution in [2.75, 3.05) is 11.9 Å². The Hall–Kier alpha value is -2.86. The summed E-state index contributed by atoms with van der Waals surface area (Å²) in [7, 11) is 0. The van der Waals surface area contributed by atoms with E-state index in [0.717, 1.165) is 43.0 Å². The highest BCUT2D eigenvalue weighted by molar-refractivity contribution is 5.46. The van der Waals surface area contributed by atoms with Gasteiger partial charge in [-0.2, -0.15) is 0 Å². The van der Waals surface area contributed by atoms with E-state index >= 15 is 0 Å². The van der Waals surface area contributed by atoms with Gasteiger partial charge in [-0.3, -0.25) is 4.90 Å². The SMILES string of the molecule is Fc1ccc(CN2CCC[C@H]2c2ccnc(Nc3ccccn3)n2)cc1. The van der Waals surface area contributed by atoms with Gasteiger partial charge in [-0.15, -0.1) is 0 Å². The molecule has 1 aliphatic rings. The van der Waals surface area contributed by atoms with E-state index in [9.17, 15) is 4.39 Å². The number of pyridine rings is 1. The molecular formula is C20H20FN5. The number of benzene rings is 1. The van der Waals surface area contributed by atoms with E-state index in [4.69, 9.17) is 4.98 Å². The molecule has 132 valence electrons. The minimum atomic E-state index is -0.201. The standard InChI is InChI=1S/C20H20FN5/c21-16-8-6-15(7-9-16)14-26-13-3-4-18(26)17-10-12-23-20(24-17)25-19-5-1-2-11-22-19/h1-2,5-12,18H,3-4,13-14H2,(H,22,23,24,25)/t18-/m0/s1. The lowest BCUT2D eigenvalue weighted by molar-refractivity contribution is 0.244. The second kappa shape index (κ2) is 7.58. The molecule has 0 saturated carbocycles. The molecule has 1 aliphatic heterocycles. The van der Waals surface area contributed by atoms with Crippen molar-refractivity contribution >= 4 is 11.8 Å². The summed E-state index contributed by atoms with van der Waals surface area (Å²) in [4.78, 5) is 15.6. The van der Waals surface area contributed by atoms with Gasteiger partial charge in [0.2, 0.25) is 5.95 Å². The summed E-state index contributed by atoms with van der Waals surface area (Å²) in [5.74, 6) is 1.07. The van der Waals surface area contributed by atoms with Crippen molar-refractivity contribution in [2.24, 2.45) is 0 Å². The van der Waals surface area contributed by atoms with Crippen molar-refractivity contribution < 1.29 is 4.39 Å². The molecule has 26 heavy (non-hydrogen) atoms. The highest BCUT2D eigenvalue weighted by atomic mass is 19.1. The van der Waals surface area contributed by atoms with Crippen molar-refractivity contribution in [1.82, 2.24) is 19.9 Å². The second-order valence-electron chi connectivity index (χ2n) is 6.40. The Morgan fingerprint density at radius 2 is 1.92 bits per heavy atom. The fraction of sp³-hybridized carbons (Fsp3) is 0.250. The van der Waals surface area contributed by atoms with Gasteiger partial charge < -0.3 is 5.32 Å². The van der Waals surface area contributed by atoms with Crippen molar-refractivity contribution in [2.45, 2.75) is 25.4 Å². The first-order valence-corrected chi connectivity index (χ1v) is 8.77. The number of rotatable bonds is 5. The van der Waals surface area contributed by atoms with Gasteiger partial charge in [-0.05, 0) is 55.3 Å². The van der Waals surface area contributed by atoms with Crippen LogP contribution in [0.3, 0.4) is 0 Å². The molecule has 1 N–H and O–H groups in total. The summed E-state index contributed by atoms with van der Waals surface area (Å²) >= 11 is 0. The first-order valence-electron chi connectivity index (χ1n) is 8.77. The van der Waals surface area contributed by atoms with Gasteiger partial charge in [0.1, 0.15) is 11.6 Å². The van der Waals surface area contributed by atoms with Gasteiger partial charge >= 0.3 is 0 Å². The highest BCUT2D eigenvalue weighted by Gasteiger charge is 2.27. The fourth-order valence-corrected chi connectivity index (χ4v) is 3.34. The van der Waals surface area contributed by atoms with Crippen molar-refractivity contribution in [3.63, 3.8) is 0 Å². The Balaban J connectivity index is 1.50. The molecule has 2 aromatic heterocycles. The lowest BCUT2D eigenvalue weighted by Gasteiger charge is -2.24. The van der Waals surface area contributed by atoms with Gasteiger partial charge in [-0.25, -0.2) is 19.3 Å². The van der Waals surface area contributed by atoms with Crippen molar-refractivity contribution in [3.05, 3.63) is 78.0 Å². The Morgan fingerprint density at radius 3 is 2.73 bits per heavy atom. The Bertz CT molecular complexity index is 854. The summed E-state index contributed by atoms with van der Waals surface area (Å²) < 4.78 is 13.1. The zero-order chi connectivity index (χ0) is 17.8. The molecule has 1 atom stereocenters. The Morgan fingerprint density at radius 1 is 1.04 bits per heavy atom. The fourth-order valence-electron chi connectivity index (χ4n) is 3.34. The van der Waals surface area contributed by atoms with Gasteiger partial charge in [-0.1, -0.05) is 18.2 Å². The third-order valence-electron chi connectivity index (χ3n) is 4.59. The summed E-state index contributed by atoms with van der Waals surface area (Å²) in [6.07, 6.45) is 5.69. The van der Waals surface area contributed by atoms with E-state index in [0.29, 0.717) is 5.95 Å². The number of nitrogens with zero attached hydrogens (tertiary/aromatic N) is 4. The number of nitrogens with one attached hydrogen (secondary N) is 1. The predicted octanol–water partition coefficient (Wildman–Crippen LogP) is 4.09. The molecule has 5 nitrogen and oxygen atoms in total. The molecule has 1 fully saturated rings. The first-order chi connectivity index (χ1) is 12.8. The molecule has 4 rings (SSSR count). The number of anilines is 2. The Kier molecular flexibility index (Phi) is 4.84. The van der Waals surface area contributed by atoms with Crippen molar-refractivity contribution in [1.29, 1.82) is 0 Å². The maximum atomic E-state index is 13.1. The molecule has 0 amide bonds. The number of hydrogen-bond acceptors (Lipinski definition) is 5. The predicted molar refractivity (Wildman–Crippen MR) is 98.3 cm³/mol. The van der Waals surface area contributed by atoms with Crippen LogP contribution in [0.15, 0.2) is 60.9 Å². The molecule has 1 saturated heterocycles. The Labute approximate surface area is 151 Å². The van der Waals surface area contributed by atoms with E-state index in [1.54, 1.807) is 12.4 Å². The maximum absolute atomic E-state index is 13.1. The van der Waals surface area contributed by atoms with Crippen LogP contribution in [-0.2, 0) is 6.54 Å². The topological polar surface area (TPSA) is 53.9 Å². The van der Waals surface area contributed by atoms with E-state index < -0.39 is 0 Å². The van der Waals surface area contributed by atoms with Crippen LogP contribution in [0.1, 0.15) is 30.1 Å². The molecule has 0 bridgehead atoms. The summed E-state index contributed by atoms with van der Waals surface area (Å²) in [5, 5.41) is 3.15. The summed E-state index contributed by atoms with van der Waals surface area (Å²) in [5.41, 5.74) is 2.11. The lowest BCUT2D eigenvalue weighted by Crippen LogP contribution is -2.23. The molecule has 3 aromatic rings. The monoisotopic (exact) mass is 349 g/mol. The zero-order valence-corrected chi connectivity index (χ0v) is 14.3. The van der Waals surface area contributed by atoms with Gasteiger partial charge in [0.05, 0.1) is 11.7 Å². The number of hydrogen-bond donors (Lipinski definition) is 1. The average Bonchev–Trinajstić information content (AvgIpc) is 3.13. The second-order valence-corrected chi connectivity index (χ2v) is 6.40. The molecule has 6 heteroatoms.